The Kier molecular flexibility index (Phi) is 5.25. The van der Waals surface area contributed by atoms with E-state index in [-0.39, 0.29) is 15.7 Å². The molecule has 114 valence electrons. The summed E-state index contributed by atoms with van der Waals surface area (Å²) < 4.78 is 37.9. The van der Waals surface area contributed by atoms with Crippen LogP contribution in [0.4, 0.5) is 0 Å². The lowest BCUT2D eigenvalue weighted by Crippen LogP contribution is -2.45. The summed E-state index contributed by atoms with van der Waals surface area (Å²) in [5.74, 6) is 0.582. The van der Waals surface area contributed by atoms with Gasteiger partial charge in [0, 0.05) is 19.2 Å². The Bertz CT molecular complexity index is 558. The Balaban J connectivity index is 2.25. The lowest BCUT2D eigenvalue weighted by atomic mass is 10.2. The second-order valence-electron chi connectivity index (χ2n) is 4.65. The molecule has 20 heavy (non-hydrogen) atoms. The standard InChI is InChI=1S/C12H19BrN2O4S/c1-3-9-8-15(4-5-18-9)20(16,17)11-6-10(7-14-2)19-12(11)13/h6,9,14H,3-5,7-8H2,1-2H3. The Labute approximate surface area is 127 Å². The molecular formula is C12H19BrN2O4S. The van der Waals surface area contributed by atoms with E-state index in [1.165, 1.54) is 4.31 Å². The maximum Gasteiger partial charge on any atom is 0.247 e. The quantitative estimate of drug-likeness (QED) is 0.855. The third-order valence-electron chi connectivity index (χ3n) is 3.23. The highest BCUT2D eigenvalue weighted by Gasteiger charge is 2.33. The van der Waals surface area contributed by atoms with E-state index in [1.54, 1.807) is 13.1 Å². The van der Waals surface area contributed by atoms with E-state index in [1.807, 2.05) is 6.92 Å². The predicted molar refractivity (Wildman–Crippen MR) is 78.0 cm³/mol. The molecule has 0 radical (unpaired) electrons. The van der Waals surface area contributed by atoms with Crippen LogP contribution in [0, 0.1) is 0 Å². The maximum atomic E-state index is 12.6. The molecule has 1 saturated heterocycles. The van der Waals surface area contributed by atoms with Gasteiger partial charge in [0.2, 0.25) is 10.0 Å². The SMILES string of the molecule is CCC1CN(S(=O)(=O)c2cc(CNC)oc2Br)CCO1. The number of nitrogens with one attached hydrogen (secondary N) is 1. The van der Waals surface area contributed by atoms with Crippen LogP contribution in [-0.4, -0.2) is 45.6 Å². The largest absolute Gasteiger partial charge is 0.452 e. The first-order valence-corrected chi connectivity index (χ1v) is 8.77. The minimum Gasteiger partial charge on any atom is -0.452 e. The highest BCUT2D eigenvalue weighted by molar-refractivity contribution is 9.10. The number of rotatable bonds is 5. The van der Waals surface area contributed by atoms with Crippen LogP contribution in [0.25, 0.3) is 0 Å². The van der Waals surface area contributed by atoms with Gasteiger partial charge in [-0.05, 0) is 29.4 Å². The van der Waals surface area contributed by atoms with Crippen molar-refractivity contribution in [2.45, 2.75) is 30.9 Å². The third kappa shape index (κ3) is 3.25. The van der Waals surface area contributed by atoms with Gasteiger partial charge in [-0.2, -0.15) is 4.31 Å². The van der Waals surface area contributed by atoms with Crippen LogP contribution in [0.15, 0.2) is 20.0 Å². The van der Waals surface area contributed by atoms with Gasteiger partial charge in [0.25, 0.3) is 0 Å². The van der Waals surface area contributed by atoms with E-state index in [4.69, 9.17) is 9.15 Å². The molecule has 1 fully saturated rings. The monoisotopic (exact) mass is 366 g/mol. The molecule has 1 unspecified atom stereocenters. The van der Waals surface area contributed by atoms with Crippen molar-refractivity contribution in [3.63, 3.8) is 0 Å². The second-order valence-corrected chi connectivity index (χ2v) is 7.27. The van der Waals surface area contributed by atoms with Crippen LogP contribution in [0.3, 0.4) is 0 Å². The summed E-state index contributed by atoms with van der Waals surface area (Å²) in [5, 5.41) is 2.93. The minimum atomic E-state index is -3.55. The van der Waals surface area contributed by atoms with Crippen molar-refractivity contribution in [2.24, 2.45) is 0 Å². The fraction of sp³-hybridized carbons (Fsp3) is 0.667. The zero-order valence-corrected chi connectivity index (χ0v) is 14.0. The topological polar surface area (TPSA) is 71.8 Å². The van der Waals surface area contributed by atoms with E-state index >= 15 is 0 Å². The van der Waals surface area contributed by atoms with E-state index in [0.717, 1.165) is 6.42 Å². The molecule has 1 aromatic heterocycles. The lowest BCUT2D eigenvalue weighted by Gasteiger charge is -2.31. The molecule has 0 amide bonds. The Morgan fingerprint density at radius 2 is 2.30 bits per heavy atom. The molecule has 2 heterocycles. The van der Waals surface area contributed by atoms with Crippen molar-refractivity contribution in [3.05, 3.63) is 16.5 Å². The van der Waals surface area contributed by atoms with Crippen LogP contribution in [-0.2, 0) is 21.3 Å². The van der Waals surface area contributed by atoms with Crippen molar-refractivity contribution >= 4 is 26.0 Å². The number of morpholine rings is 1. The van der Waals surface area contributed by atoms with Gasteiger partial charge in [0.15, 0.2) is 4.67 Å². The van der Waals surface area contributed by atoms with Gasteiger partial charge in [-0.25, -0.2) is 8.42 Å². The van der Waals surface area contributed by atoms with Crippen molar-refractivity contribution < 1.29 is 17.6 Å². The summed E-state index contributed by atoms with van der Waals surface area (Å²) in [5.41, 5.74) is 0. The van der Waals surface area contributed by atoms with E-state index in [9.17, 15) is 8.42 Å². The molecule has 1 N–H and O–H groups in total. The van der Waals surface area contributed by atoms with E-state index < -0.39 is 10.0 Å². The second kappa shape index (κ2) is 6.57. The average Bonchev–Trinajstić information content (AvgIpc) is 2.81. The normalized spacial score (nSPS) is 21.2. The summed E-state index contributed by atoms with van der Waals surface area (Å²) in [6, 6.07) is 1.56. The Morgan fingerprint density at radius 1 is 1.55 bits per heavy atom. The predicted octanol–water partition coefficient (Wildman–Crippen LogP) is 1.56. The number of halogens is 1. The van der Waals surface area contributed by atoms with Crippen LogP contribution in [0.1, 0.15) is 19.1 Å². The van der Waals surface area contributed by atoms with Crippen LogP contribution in [0.5, 0.6) is 0 Å². The molecule has 1 aliphatic heterocycles. The van der Waals surface area contributed by atoms with Crippen LogP contribution in [0.2, 0.25) is 0 Å². The Morgan fingerprint density at radius 3 is 2.95 bits per heavy atom. The highest BCUT2D eigenvalue weighted by Crippen LogP contribution is 2.29. The first-order valence-electron chi connectivity index (χ1n) is 6.53. The molecule has 1 atom stereocenters. The fourth-order valence-corrected chi connectivity index (χ4v) is 4.55. The van der Waals surface area contributed by atoms with Gasteiger partial charge in [-0.3, -0.25) is 0 Å². The van der Waals surface area contributed by atoms with E-state index in [0.29, 0.717) is 32.0 Å². The molecule has 0 saturated carbocycles. The molecular weight excluding hydrogens is 348 g/mol. The zero-order valence-electron chi connectivity index (χ0n) is 11.6. The molecule has 1 aliphatic rings. The summed E-state index contributed by atoms with van der Waals surface area (Å²) >= 11 is 3.19. The van der Waals surface area contributed by atoms with Gasteiger partial charge >= 0.3 is 0 Å². The minimum absolute atomic E-state index is 0.0408. The first-order chi connectivity index (χ1) is 9.48. The molecule has 0 spiro atoms. The van der Waals surface area contributed by atoms with Crippen molar-refractivity contribution in [1.29, 1.82) is 0 Å². The van der Waals surface area contributed by atoms with Gasteiger partial charge in [-0.15, -0.1) is 0 Å². The molecule has 0 aromatic carbocycles. The molecule has 0 bridgehead atoms. The van der Waals surface area contributed by atoms with Gasteiger partial charge < -0.3 is 14.5 Å². The Hall–Kier alpha value is -0.410. The van der Waals surface area contributed by atoms with Crippen LogP contribution >= 0.6 is 15.9 Å². The molecule has 0 aliphatic carbocycles. The summed E-state index contributed by atoms with van der Waals surface area (Å²) in [4.78, 5) is 0.180. The fourth-order valence-electron chi connectivity index (χ4n) is 2.13. The van der Waals surface area contributed by atoms with Gasteiger partial charge in [0.05, 0.1) is 19.3 Å². The molecule has 8 heteroatoms. The number of sulfonamides is 1. The lowest BCUT2D eigenvalue weighted by molar-refractivity contribution is -0.00280. The molecule has 1 aromatic rings. The number of hydrogen-bond acceptors (Lipinski definition) is 5. The highest BCUT2D eigenvalue weighted by atomic mass is 79.9. The van der Waals surface area contributed by atoms with Crippen molar-refractivity contribution in [2.75, 3.05) is 26.7 Å². The van der Waals surface area contributed by atoms with Crippen molar-refractivity contribution in [3.8, 4) is 0 Å². The number of ether oxygens (including phenoxy) is 1. The van der Waals surface area contributed by atoms with E-state index in [2.05, 4.69) is 21.2 Å². The molecule has 6 nitrogen and oxygen atoms in total. The summed E-state index contributed by atoms with van der Waals surface area (Å²) in [7, 11) is -1.77. The first kappa shape index (κ1) is 16.0. The average molecular weight is 367 g/mol. The van der Waals surface area contributed by atoms with Crippen LogP contribution < -0.4 is 5.32 Å². The number of hydrogen-bond donors (Lipinski definition) is 1. The third-order valence-corrected chi connectivity index (χ3v) is 5.95. The summed E-state index contributed by atoms with van der Waals surface area (Å²) in [6.45, 7) is 3.65. The smallest absolute Gasteiger partial charge is 0.247 e. The maximum absolute atomic E-state index is 12.6. The molecule has 2 rings (SSSR count). The number of nitrogens with zero attached hydrogens (tertiary/aromatic N) is 1. The van der Waals surface area contributed by atoms with Crippen molar-refractivity contribution in [1.82, 2.24) is 9.62 Å². The van der Waals surface area contributed by atoms with Gasteiger partial charge in [-0.1, -0.05) is 6.92 Å². The summed E-state index contributed by atoms with van der Waals surface area (Å²) in [6.07, 6.45) is 0.754. The van der Waals surface area contributed by atoms with Gasteiger partial charge in [0.1, 0.15) is 10.7 Å². The number of furan rings is 1. The zero-order chi connectivity index (χ0) is 14.8.